The van der Waals surface area contributed by atoms with Crippen molar-refractivity contribution in [2.24, 2.45) is 0 Å². The van der Waals surface area contributed by atoms with Gasteiger partial charge in [0.05, 0.1) is 6.07 Å². The number of alkyl halides is 2. The van der Waals surface area contributed by atoms with E-state index in [1.807, 2.05) is 0 Å². The molecule has 0 aliphatic rings. The second-order valence-corrected chi connectivity index (χ2v) is 3.39. The fourth-order valence-corrected chi connectivity index (χ4v) is 1.51. The number of pyridine rings is 1. The predicted octanol–water partition coefficient (Wildman–Crippen LogP) is 2.67. The molecule has 0 unspecified atom stereocenters. The first-order valence-electron chi connectivity index (χ1n) is 3.22. The summed E-state index contributed by atoms with van der Waals surface area (Å²) in [7, 11) is 0. The first-order valence-corrected chi connectivity index (χ1v) is 4.30. The molecule has 1 rings (SSSR count). The van der Waals surface area contributed by atoms with E-state index in [0.717, 1.165) is 6.07 Å². The lowest BCUT2D eigenvalue weighted by molar-refractivity contribution is -0.390. The molecule has 0 bridgehead atoms. The molecule has 0 aromatic carbocycles. The zero-order chi connectivity index (χ0) is 10.9. The molecule has 1 heterocycles. The summed E-state index contributed by atoms with van der Waals surface area (Å²) in [5.74, 6) is -2.28. The first-order chi connectivity index (χ1) is 6.43. The summed E-state index contributed by atoms with van der Waals surface area (Å²) in [4.78, 5) is 12.0. The van der Waals surface area contributed by atoms with Crippen molar-refractivity contribution in [1.29, 1.82) is 0 Å². The van der Waals surface area contributed by atoms with E-state index >= 15 is 0 Å². The number of hydrogen-bond acceptors (Lipinski definition) is 3. The van der Waals surface area contributed by atoms with Crippen molar-refractivity contribution < 1.29 is 18.1 Å². The highest BCUT2D eigenvalue weighted by Crippen LogP contribution is 2.28. The van der Waals surface area contributed by atoms with Crippen LogP contribution >= 0.6 is 22.6 Å². The molecule has 0 spiro atoms. The third-order valence-electron chi connectivity index (χ3n) is 1.35. The van der Waals surface area contributed by atoms with Crippen LogP contribution in [0.4, 0.5) is 19.0 Å². The summed E-state index contributed by atoms with van der Waals surface area (Å²) < 4.78 is 36.9. The molecule has 76 valence electrons. The minimum atomic E-state index is -3.03. The first kappa shape index (κ1) is 11.1. The van der Waals surface area contributed by atoms with E-state index in [1.165, 1.54) is 22.6 Å². The Labute approximate surface area is 89.4 Å². The molecule has 0 fully saturated rings. The van der Waals surface area contributed by atoms with Crippen molar-refractivity contribution in [3.63, 3.8) is 0 Å². The average molecular weight is 318 g/mol. The van der Waals surface area contributed by atoms with Gasteiger partial charge in [0.2, 0.25) is 0 Å². The fourth-order valence-electron chi connectivity index (χ4n) is 0.771. The summed E-state index contributed by atoms with van der Waals surface area (Å²) in [6.07, 6.45) is -3.03. The van der Waals surface area contributed by atoms with Crippen molar-refractivity contribution in [2.45, 2.75) is 6.43 Å². The molecule has 14 heavy (non-hydrogen) atoms. The topological polar surface area (TPSA) is 56.0 Å². The summed E-state index contributed by atoms with van der Waals surface area (Å²) in [6, 6.07) is 0.797. The van der Waals surface area contributed by atoms with Crippen LogP contribution in [0, 0.1) is 19.6 Å². The largest absolute Gasteiger partial charge is 0.367 e. The van der Waals surface area contributed by atoms with Gasteiger partial charge >= 0.3 is 11.8 Å². The van der Waals surface area contributed by atoms with Crippen LogP contribution in [0.2, 0.25) is 0 Å². The zero-order valence-electron chi connectivity index (χ0n) is 6.38. The van der Waals surface area contributed by atoms with Gasteiger partial charge in [-0.25, -0.2) is 8.78 Å². The molecule has 1 aromatic heterocycles. The molecule has 0 N–H and O–H groups in total. The van der Waals surface area contributed by atoms with E-state index in [1.54, 1.807) is 0 Å². The van der Waals surface area contributed by atoms with Gasteiger partial charge in [0, 0.05) is 3.57 Å². The monoisotopic (exact) mass is 318 g/mol. The zero-order valence-corrected chi connectivity index (χ0v) is 8.53. The van der Waals surface area contributed by atoms with Gasteiger partial charge in [-0.1, -0.05) is 0 Å². The van der Waals surface area contributed by atoms with Crippen LogP contribution < -0.4 is 0 Å². The molecule has 8 heteroatoms. The van der Waals surface area contributed by atoms with Gasteiger partial charge in [-0.3, -0.25) is 0 Å². The molecule has 0 radical (unpaired) electrons. The maximum Gasteiger partial charge on any atom is 0.367 e. The Bertz CT molecular complexity index is 362. The van der Waals surface area contributed by atoms with Crippen LogP contribution in [-0.2, 0) is 0 Å². The van der Waals surface area contributed by atoms with E-state index < -0.39 is 28.7 Å². The SMILES string of the molecule is O=[N+]([O-])c1cc(I)c(C(F)F)c(F)n1. The summed E-state index contributed by atoms with van der Waals surface area (Å²) in [5, 5.41) is 10.2. The lowest BCUT2D eigenvalue weighted by Crippen LogP contribution is -2.02. The van der Waals surface area contributed by atoms with Crippen molar-refractivity contribution in [3.8, 4) is 0 Å². The highest BCUT2D eigenvalue weighted by molar-refractivity contribution is 14.1. The van der Waals surface area contributed by atoms with Crippen LogP contribution in [0.1, 0.15) is 12.0 Å². The second kappa shape index (κ2) is 4.07. The summed E-state index contributed by atoms with van der Waals surface area (Å²) in [5.41, 5.74) is -0.906. The van der Waals surface area contributed by atoms with Gasteiger partial charge in [-0.05, 0) is 32.5 Å². The van der Waals surface area contributed by atoms with Gasteiger partial charge in [0.15, 0.2) is 0 Å². The second-order valence-electron chi connectivity index (χ2n) is 2.22. The van der Waals surface area contributed by atoms with Crippen LogP contribution in [0.5, 0.6) is 0 Å². The number of rotatable bonds is 2. The minimum Gasteiger partial charge on any atom is -0.358 e. The fraction of sp³-hybridized carbons (Fsp3) is 0.167. The van der Waals surface area contributed by atoms with Crippen molar-refractivity contribution >= 4 is 28.4 Å². The Morgan fingerprint density at radius 2 is 2.14 bits per heavy atom. The third-order valence-corrected chi connectivity index (χ3v) is 2.25. The molecule has 4 nitrogen and oxygen atoms in total. The minimum absolute atomic E-state index is 0.211. The lowest BCUT2D eigenvalue weighted by atomic mass is 10.3. The van der Waals surface area contributed by atoms with E-state index in [0.29, 0.717) is 0 Å². The Morgan fingerprint density at radius 1 is 1.57 bits per heavy atom. The Morgan fingerprint density at radius 3 is 2.50 bits per heavy atom. The molecule has 0 saturated carbocycles. The highest BCUT2D eigenvalue weighted by atomic mass is 127. The number of nitrogens with zero attached hydrogens (tertiary/aromatic N) is 2. The van der Waals surface area contributed by atoms with Crippen molar-refractivity contribution in [3.05, 3.63) is 31.3 Å². The quantitative estimate of drug-likeness (QED) is 0.365. The molecular formula is C6H2F3IN2O2. The molecule has 0 aliphatic carbocycles. The van der Waals surface area contributed by atoms with Gasteiger partial charge in [0.25, 0.3) is 6.43 Å². The Hall–Kier alpha value is -0.930. The number of nitro groups is 1. The number of halogens is 4. The standard InChI is InChI=1S/C6H2F3IN2O2/c7-5(8)4-2(10)1-3(12(13)14)11-6(4)9/h1,5H. The number of hydrogen-bond donors (Lipinski definition) is 0. The van der Waals surface area contributed by atoms with Gasteiger partial charge in [-0.2, -0.15) is 4.39 Å². The molecular weight excluding hydrogens is 316 g/mol. The van der Waals surface area contributed by atoms with Gasteiger partial charge in [-0.15, -0.1) is 0 Å². The Balaban J connectivity index is 3.32. The van der Waals surface area contributed by atoms with Crippen LogP contribution in [0.3, 0.4) is 0 Å². The highest BCUT2D eigenvalue weighted by Gasteiger charge is 2.25. The predicted molar refractivity (Wildman–Crippen MR) is 48.5 cm³/mol. The lowest BCUT2D eigenvalue weighted by Gasteiger charge is -2.01. The van der Waals surface area contributed by atoms with E-state index in [9.17, 15) is 23.3 Å². The van der Waals surface area contributed by atoms with E-state index in [2.05, 4.69) is 4.98 Å². The summed E-state index contributed by atoms with van der Waals surface area (Å²) >= 11 is 1.40. The molecule has 0 atom stereocenters. The maximum absolute atomic E-state index is 12.8. The number of aromatic nitrogens is 1. The van der Waals surface area contributed by atoms with E-state index in [4.69, 9.17) is 0 Å². The average Bonchev–Trinajstić information content (AvgIpc) is 2.01. The maximum atomic E-state index is 12.8. The smallest absolute Gasteiger partial charge is 0.358 e. The molecule has 0 aliphatic heterocycles. The van der Waals surface area contributed by atoms with E-state index in [-0.39, 0.29) is 3.57 Å². The van der Waals surface area contributed by atoms with Gasteiger partial charge in [0.1, 0.15) is 5.56 Å². The molecule has 0 saturated heterocycles. The van der Waals surface area contributed by atoms with Gasteiger partial charge < -0.3 is 10.1 Å². The summed E-state index contributed by atoms with van der Waals surface area (Å²) in [6.45, 7) is 0. The van der Waals surface area contributed by atoms with Crippen LogP contribution in [0.25, 0.3) is 0 Å². The normalized spacial score (nSPS) is 10.6. The van der Waals surface area contributed by atoms with Crippen molar-refractivity contribution in [1.82, 2.24) is 4.98 Å². The molecule has 1 aromatic rings. The Kier molecular flexibility index (Phi) is 3.24. The molecule has 0 amide bonds. The van der Waals surface area contributed by atoms with Crippen molar-refractivity contribution in [2.75, 3.05) is 0 Å². The van der Waals surface area contributed by atoms with Crippen LogP contribution in [0.15, 0.2) is 6.07 Å². The van der Waals surface area contributed by atoms with Crippen LogP contribution in [-0.4, -0.2) is 9.91 Å². The third kappa shape index (κ3) is 2.11.